The smallest absolute Gasteiger partial charge is 0.438 e. The van der Waals surface area contributed by atoms with Crippen LogP contribution in [0.5, 0.6) is 5.75 Å². The van der Waals surface area contributed by atoms with Crippen molar-refractivity contribution in [3.8, 4) is 5.75 Å². The molecule has 0 aliphatic carbocycles. The summed E-state index contributed by atoms with van der Waals surface area (Å²) in [5.41, 5.74) is -5.99. The van der Waals surface area contributed by atoms with E-state index in [1.54, 1.807) is 0 Å². The lowest BCUT2D eigenvalue weighted by Crippen LogP contribution is -2.63. The van der Waals surface area contributed by atoms with Crippen LogP contribution in [0.2, 0.25) is 0 Å². The van der Waals surface area contributed by atoms with E-state index in [-0.39, 0.29) is 17.6 Å². The predicted molar refractivity (Wildman–Crippen MR) is 79.1 cm³/mol. The molecule has 0 aliphatic rings. The van der Waals surface area contributed by atoms with Crippen LogP contribution >= 0.6 is 0 Å². The molecule has 1 N–H and O–H groups in total. The van der Waals surface area contributed by atoms with Gasteiger partial charge in [-0.15, -0.1) is 0 Å². The largest absolute Gasteiger partial charge is 0.496 e. The summed E-state index contributed by atoms with van der Waals surface area (Å²) in [6.45, 7) is 0. The van der Waals surface area contributed by atoms with E-state index in [0.29, 0.717) is 0 Å². The third-order valence-electron chi connectivity index (χ3n) is 3.31. The molecular formula is C13H11BF6O6S. The number of benzene rings is 1. The van der Waals surface area contributed by atoms with Gasteiger partial charge in [-0.2, -0.15) is 34.8 Å². The number of carbonyl (C=O) groups is 1. The Morgan fingerprint density at radius 1 is 1.15 bits per heavy atom. The maximum atomic E-state index is 13.1. The van der Waals surface area contributed by atoms with Crippen molar-refractivity contribution < 1.29 is 53.6 Å². The van der Waals surface area contributed by atoms with Crippen molar-refractivity contribution in [2.75, 3.05) is 12.9 Å². The molecule has 0 amide bonds. The number of carbonyl (C=O) groups excluding carboxylic acids is 1. The first-order chi connectivity index (χ1) is 12.1. The second-order valence-corrected chi connectivity index (χ2v) is 6.62. The van der Waals surface area contributed by atoms with Crippen molar-refractivity contribution in [2.24, 2.45) is 0 Å². The van der Waals surface area contributed by atoms with Crippen LogP contribution < -0.4 is 4.74 Å². The standard InChI is InChI=1S/C13H11BF6O6S/c1-25-9-4-7(2-3-8(9)5-14)10(21)26-11(12(15,16)17,13(18,19)20)6-27(22,23)24/h2-4H,5-6H2,1H3,(H,22,23,24). The summed E-state index contributed by atoms with van der Waals surface area (Å²) in [4.78, 5) is 11.9. The van der Waals surface area contributed by atoms with Crippen molar-refractivity contribution in [2.45, 2.75) is 24.3 Å². The first-order valence-corrected chi connectivity index (χ1v) is 8.38. The maximum absolute atomic E-state index is 13.1. The highest BCUT2D eigenvalue weighted by Crippen LogP contribution is 2.47. The van der Waals surface area contributed by atoms with Crippen LogP contribution in [0.4, 0.5) is 26.3 Å². The van der Waals surface area contributed by atoms with E-state index in [1.165, 1.54) is 0 Å². The Balaban J connectivity index is 3.48. The summed E-state index contributed by atoms with van der Waals surface area (Å²) < 4.78 is 117. The van der Waals surface area contributed by atoms with Crippen molar-refractivity contribution in [3.63, 3.8) is 0 Å². The number of esters is 1. The summed E-state index contributed by atoms with van der Waals surface area (Å²) in [6, 6.07) is 2.69. The maximum Gasteiger partial charge on any atom is 0.438 e. The van der Waals surface area contributed by atoms with Crippen molar-refractivity contribution in [1.82, 2.24) is 0 Å². The highest BCUT2D eigenvalue weighted by atomic mass is 32.2. The number of halogens is 6. The molecule has 0 heterocycles. The Bertz CT molecular complexity index is 790. The topological polar surface area (TPSA) is 89.9 Å². The van der Waals surface area contributed by atoms with Crippen molar-refractivity contribution >= 4 is 23.9 Å². The zero-order valence-corrected chi connectivity index (χ0v) is 14.2. The minimum absolute atomic E-state index is 0.115. The molecule has 0 spiro atoms. The molecule has 14 heteroatoms. The molecule has 2 radical (unpaired) electrons. The number of rotatable bonds is 6. The first kappa shape index (κ1) is 23.1. The van der Waals surface area contributed by atoms with E-state index in [4.69, 9.17) is 17.1 Å². The van der Waals surface area contributed by atoms with Crippen molar-refractivity contribution in [3.05, 3.63) is 29.3 Å². The summed E-state index contributed by atoms with van der Waals surface area (Å²) in [6.07, 6.45) is -12.9. The van der Waals surface area contributed by atoms with Gasteiger partial charge in [0.05, 0.1) is 20.5 Å². The third kappa shape index (κ3) is 5.06. The molecule has 6 nitrogen and oxygen atoms in total. The van der Waals surface area contributed by atoms with Gasteiger partial charge in [-0.25, -0.2) is 4.79 Å². The molecule has 0 aliphatic heterocycles. The van der Waals surface area contributed by atoms with Gasteiger partial charge in [0.1, 0.15) is 11.5 Å². The fourth-order valence-electron chi connectivity index (χ4n) is 1.98. The highest BCUT2D eigenvalue weighted by Gasteiger charge is 2.76. The number of alkyl halides is 6. The molecule has 150 valence electrons. The monoisotopic (exact) mass is 420 g/mol. The van der Waals surface area contributed by atoms with Gasteiger partial charge < -0.3 is 9.47 Å². The first-order valence-electron chi connectivity index (χ1n) is 6.77. The Morgan fingerprint density at radius 3 is 2.04 bits per heavy atom. The lowest BCUT2D eigenvalue weighted by molar-refractivity contribution is -0.356. The number of methoxy groups -OCH3 is 1. The molecule has 0 fully saturated rings. The van der Waals surface area contributed by atoms with E-state index in [1.807, 2.05) is 0 Å². The van der Waals surface area contributed by atoms with Gasteiger partial charge in [0.25, 0.3) is 10.1 Å². The molecule has 0 aromatic heterocycles. The third-order valence-corrected chi connectivity index (χ3v) is 4.08. The normalized spacial score (nSPS) is 13.3. The van der Waals surface area contributed by atoms with Crippen LogP contribution in [0, 0.1) is 0 Å². The summed E-state index contributed by atoms with van der Waals surface area (Å²) >= 11 is 0. The molecule has 27 heavy (non-hydrogen) atoms. The lowest BCUT2D eigenvalue weighted by atomic mass is 9.95. The summed E-state index contributed by atoms with van der Waals surface area (Å²) in [5, 5.41) is 0. The fourth-order valence-corrected chi connectivity index (χ4v) is 2.88. The van der Waals surface area contributed by atoms with E-state index < -0.39 is 45.4 Å². The molecule has 1 aromatic rings. The van der Waals surface area contributed by atoms with E-state index in [2.05, 4.69) is 4.74 Å². The van der Waals surface area contributed by atoms with Crippen LogP contribution in [0.3, 0.4) is 0 Å². The lowest BCUT2D eigenvalue weighted by Gasteiger charge is -2.35. The molecule has 0 saturated heterocycles. The summed E-state index contributed by atoms with van der Waals surface area (Å²) in [5.74, 6) is -5.22. The van der Waals surface area contributed by atoms with Crippen LogP contribution in [0.25, 0.3) is 0 Å². The second kappa shape index (κ2) is 7.58. The molecule has 0 saturated carbocycles. The van der Waals surface area contributed by atoms with Gasteiger partial charge >= 0.3 is 23.9 Å². The Labute approximate surface area is 150 Å². The van der Waals surface area contributed by atoms with Gasteiger partial charge in [-0.3, -0.25) is 4.55 Å². The number of hydrogen-bond acceptors (Lipinski definition) is 5. The zero-order valence-electron chi connectivity index (χ0n) is 13.4. The number of ether oxygens (including phenoxy) is 2. The van der Waals surface area contributed by atoms with Crippen LogP contribution in [-0.2, 0) is 21.2 Å². The van der Waals surface area contributed by atoms with E-state index in [9.17, 15) is 39.6 Å². The molecule has 1 aromatic carbocycles. The van der Waals surface area contributed by atoms with Gasteiger partial charge in [-0.1, -0.05) is 12.4 Å². The van der Waals surface area contributed by atoms with Gasteiger partial charge in [0.2, 0.25) is 0 Å². The Morgan fingerprint density at radius 2 is 1.67 bits per heavy atom. The van der Waals surface area contributed by atoms with Gasteiger partial charge in [0.15, 0.2) is 0 Å². The van der Waals surface area contributed by atoms with Gasteiger partial charge in [0, 0.05) is 0 Å². The average Bonchev–Trinajstić information content (AvgIpc) is 2.49. The molecule has 0 atom stereocenters. The van der Waals surface area contributed by atoms with Gasteiger partial charge in [-0.05, 0) is 17.7 Å². The minimum atomic E-state index is -6.40. The molecule has 0 unspecified atom stereocenters. The zero-order chi connectivity index (χ0) is 21.3. The van der Waals surface area contributed by atoms with Crippen LogP contribution in [0.15, 0.2) is 18.2 Å². The van der Waals surface area contributed by atoms with Crippen molar-refractivity contribution in [1.29, 1.82) is 0 Å². The van der Waals surface area contributed by atoms with E-state index in [0.717, 1.165) is 25.3 Å². The van der Waals surface area contributed by atoms with E-state index >= 15 is 0 Å². The quantitative estimate of drug-likeness (QED) is 0.329. The SMILES string of the molecule is [B]Cc1ccc(C(=O)OC(CS(=O)(=O)O)(C(F)(F)F)C(F)(F)F)cc1OC. The van der Waals surface area contributed by atoms with Crippen LogP contribution in [-0.4, -0.2) is 57.6 Å². The molecule has 1 rings (SSSR count). The Kier molecular flexibility index (Phi) is 6.48. The minimum Gasteiger partial charge on any atom is -0.496 e. The number of hydrogen-bond donors (Lipinski definition) is 1. The average molecular weight is 420 g/mol. The highest BCUT2D eigenvalue weighted by molar-refractivity contribution is 7.85. The fraction of sp³-hybridized carbons (Fsp3) is 0.462. The Hall–Kier alpha value is -1.96. The summed E-state index contributed by atoms with van der Waals surface area (Å²) in [7, 11) is 0.601. The molecular weight excluding hydrogens is 409 g/mol. The second-order valence-electron chi connectivity index (χ2n) is 5.17. The predicted octanol–water partition coefficient (Wildman–Crippen LogP) is 2.27. The van der Waals surface area contributed by atoms with Crippen LogP contribution in [0.1, 0.15) is 15.9 Å². The molecule has 0 bridgehead atoms.